The van der Waals surface area contributed by atoms with E-state index in [9.17, 15) is 14.0 Å². The Labute approximate surface area is 201 Å². The highest BCUT2D eigenvalue weighted by molar-refractivity contribution is 9.10. The van der Waals surface area contributed by atoms with E-state index in [1.807, 2.05) is 4.90 Å². The van der Waals surface area contributed by atoms with Gasteiger partial charge in [0.25, 0.3) is 5.56 Å². The molecule has 3 aromatic rings. The summed E-state index contributed by atoms with van der Waals surface area (Å²) in [5.74, 6) is -1.02. The molecule has 1 aliphatic rings. The standard InChI is InChI=1S/C22H18BrFN6O4/c1-33-21(32)20-18(9-19(31)30(28-20)15-3-2-13(10-25)17(24)8-15)34-16-4-6-29(7-5-16)22-26-11-14(23)12-27-22/h2-3,8-9,11-12,16H,4-7H2,1H3. The van der Waals surface area contributed by atoms with Gasteiger partial charge in [0.15, 0.2) is 5.75 Å². The normalized spacial score (nSPS) is 13.9. The summed E-state index contributed by atoms with van der Waals surface area (Å²) in [6.45, 7) is 1.24. The maximum absolute atomic E-state index is 14.1. The molecule has 0 unspecified atom stereocenters. The number of nitriles is 1. The number of hydrogen-bond acceptors (Lipinski definition) is 9. The molecule has 0 bridgehead atoms. The van der Waals surface area contributed by atoms with Gasteiger partial charge in [-0.2, -0.15) is 15.0 Å². The molecule has 2 aromatic heterocycles. The molecule has 0 N–H and O–H groups in total. The average Bonchev–Trinajstić information content (AvgIpc) is 2.85. The highest BCUT2D eigenvalue weighted by Gasteiger charge is 2.26. The van der Waals surface area contributed by atoms with E-state index in [0.29, 0.717) is 31.9 Å². The highest BCUT2D eigenvalue weighted by atomic mass is 79.9. The summed E-state index contributed by atoms with van der Waals surface area (Å²) in [6, 6.07) is 6.41. The predicted molar refractivity (Wildman–Crippen MR) is 121 cm³/mol. The number of hydrogen-bond donors (Lipinski definition) is 0. The Balaban J connectivity index is 1.56. The SMILES string of the molecule is COC(=O)c1nn(-c2ccc(C#N)c(F)c2)c(=O)cc1OC1CCN(c2ncc(Br)cn2)CC1. The lowest BCUT2D eigenvalue weighted by Gasteiger charge is -2.32. The maximum atomic E-state index is 14.1. The first-order valence-corrected chi connectivity index (χ1v) is 11.0. The first-order valence-electron chi connectivity index (χ1n) is 10.2. The summed E-state index contributed by atoms with van der Waals surface area (Å²) in [5.41, 5.74) is -0.969. The molecule has 0 saturated carbocycles. The Morgan fingerprint density at radius 1 is 1.24 bits per heavy atom. The lowest BCUT2D eigenvalue weighted by atomic mass is 10.1. The molecular formula is C22H18BrFN6O4. The molecule has 3 heterocycles. The Morgan fingerprint density at radius 2 is 1.94 bits per heavy atom. The van der Waals surface area contributed by atoms with Crippen LogP contribution in [0.5, 0.6) is 5.75 Å². The molecule has 174 valence electrons. The second-order valence-electron chi connectivity index (χ2n) is 7.38. The van der Waals surface area contributed by atoms with Crippen LogP contribution < -0.4 is 15.2 Å². The average molecular weight is 529 g/mol. The van der Waals surface area contributed by atoms with Crippen LogP contribution in [0.25, 0.3) is 5.69 Å². The lowest BCUT2D eigenvalue weighted by Crippen LogP contribution is -2.39. The van der Waals surface area contributed by atoms with Crippen molar-refractivity contribution in [1.82, 2.24) is 19.7 Å². The number of benzene rings is 1. The molecular weight excluding hydrogens is 511 g/mol. The number of carbonyl (C=O) groups is 1. The maximum Gasteiger partial charge on any atom is 0.362 e. The number of rotatable bonds is 5. The summed E-state index contributed by atoms with van der Waals surface area (Å²) >= 11 is 3.31. The summed E-state index contributed by atoms with van der Waals surface area (Å²) < 4.78 is 26.5. The molecule has 0 radical (unpaired) electrons. The van der Waals surface area contributed by atoms with Crippen LogP contribution in [0.2, 0.25) is 0 Å². The molecule has 1 saturated heterocycles. The third-order valence-corrected chi connectivity index (χ3v) is 5.63. The molecule has 0 aliphatic carbocycles. The molecule has 0 atom stereocenters. The van der Waals surface area contributed by atoms with Crippen molar-refractivity contribution in [3.05, 3.63) is 68.6 Å². The number of ether oxygens (including phenoxy) is 2. The van der Waals surface area contributed by atoms with Crippen molar-refractivity contribution in [1.29, 1.82) is 5.26 Å². The van der Waals surface area contributed by atoms with Gasteiger partial charge in [0.2, 0.25) is 11.6 Å². The van der Waals surface area contributed by atoms with Gasteiger partial charge < -0.3 is 14.4 Å². The predicted octanol–water partition coefficient (Wildman–Crippen LogP) is 2.63. The smallest absolute Gasteiger partial charge is 0.362 e. The number of methoxy groups -OCH3 is 1. The Hall–Kier alpha value is -3.85. The molecule has 1 fully saturated rings. The van der Waals surface area contributed by atoms with Gasteiger partial charge in [0.05, 0.1) is 28.9 Å². The number of halogens is 2. The van der Waals surface area contributed by atoms with E-state index in [1.165, 1.54) is 19.2 Å². The van der Waals surface area contributed by atoms with Gasteiger partial charge in [-0.15, -0.1) is 0 Å². The van der Waals surface area contributed by atoms with Gasteiger partial charge in [-0.05, 0) is 28.1 Å². The number of carbonyl (C=O) groups excluding carboxylic acids is 1. The summed E-state index contributed by atoms with van der Waals surface area (Å²) in [4.78, 5) is 35.7. The first-order chi connectivity index (χ1) is 16.4. The van der Waals surface area contributed by atoms with Crippen molar-refractivity contribution in [2.24, 2.45) is 0 Å². The minimum Gasteiger partial charge on any atom is -0.487 e. The monoisotopic (exact) mass is 528 g/mol. The molecule has 12 heteroatoms. The summed E-state index contributed by atoms with van der Waals surface area (Å²) in [7, 11) is 1.18. The van der Waals surface area contributed by atoms with E-state index >= 15 is 0 Å². The second kappa shape index (κ2) is 9.96. The summed E-state index contributed by atoms with van der Waals surface area (Å²) in [6.07, 6.45) is 4.27. The quantitative estimate of drug-likeness (QED) is 0.459. The minimum absolute atomic E-state index is 0.0134. The van der Waals surface area contributed by atoms with Gasteiger partial charge in [0, 0.05) is 44.4 Å². The number of esters is 1. The highest BCUT2D eigenvalue weighted by Crippen LogP contribution is 2.24. The molecule has 1 aliphatic heterocycles. The summed E-state index contributed by atoms with van der Waals surface area (Å²) in [5, 5.41) is 13.0. The fraction of sp³-hybridized carbons (Fsp3) is 0.273. The van der Waals surface area contributed by atoms with Crippen LogP contribution in [0, 0.1) is 17.1 Å². The van der Waals surface area contributed by atoms with E-state index in [0.717, 1.165) is 21.3 Å². The van der Waals surface area contributed by atoms with Crippen molar-refractivity contribution in [3.63, 3.8) is 0 Å². The number of piperidine rings is 1. The molecule has 0 spiro atoms. The van der Waals surface area contributed by atoms with E-state index in [1.54, 1.807) is 18.5 Å². The van der Waals surface area contributed by atoms with Gasteiger partial charge >= 0.3 is 5.97 Å². The first kappa shape index (κ1) is 23.3. The fourth-order valence-electron chi connectivity index (χ4n) is 3.50. The van der Waals surface area contributed by atoms with Crippen LogP contribution >= 0.6 is 15.9 Å². The van der Waals surface area contributed by atoms with Crippen molar-refractivity contribution in [2.45, 2.75) is 18.9 Å². The number of aromatic nitrogens is 4. The van der Waals surface area contributed by atoms with Gasteiger partial charge in [-0.25, -0.2) is 19.2 Å². The van der Waals surface area contributed by atoms with Crippen LogP contribution in [0.15, 0.2) is 45.9 Å². The topological polar surface area (TPSA) is 123 Å². The van der Waals surface area contributed by atoms with E-state index in [2.05, 4.69) is 31.0 Å². The van der Waals surface area contributed by atoms with Gasteiger partial charge in [-0.3, -0.25) is 4.79 Å². The van der Waals surface area contributed by atoms with Crippen LogP contribution in [-0.2, 0) is 4.74 Å². The third kappa shape index (κ3) is 4.89. The molecule has 34 heavy (non-hydrogen) atoms. The number of anilines is 1. The minimum atomic E-state index is -0.810. The van der Waals surface area contributed by atoms with Gasteiger partial charge in [0.1, 0.15) is 18.0 Å². The van der Waals surface area contributed by atoms with Crippen molar-refractivity contribution in [2.75, 3.05) is 25.1 Å². The molecule has 0 amide bonds. The molecule has 10 nitrogen and oxygen atoms in total. The van der Waals surface area contributed by atoms with Crippen molar-refractivity contribution >= 4 is 27.8 Å². The zero-order chi connectivity index (χ0) is 24.2. The zero-order valence-electron chi connectivity index (χ0n) is 17.9. The Bertz CT molecular complexity index is 1320. The largest absolute Gasteiger partial charge is 0.487 e. The zero-order valence-corrected chi connectivity index (χ0v) is 19.5. The lowest BCUT2D eigenvalue weighted by molar-refractivity contribution is 0.0581. The van der Waals surface area contributed by atoms with Crippen molar-refractivity contribution in [3.8, 4) is 17.5 Å². The second-order valence-corrected chi connectivity index (χ2v) is 8.30. The van der Waals surface area contributed by atoms with Crippen LogP contribution in [0.4, 0.5) is 10.3 Å². The Morgan fingerprint density at radius 3 is 2.56 bits per heavy atom. The fourth-order valence-corrected chi connectivity index (χ4v) is 3.71. The van der Waals surface area contributed by atoms with Crippen LogP contribution in [-0.4, -0.2) is 52.0 Å². The third-order valence-electron chi connectivity index (χ3n) is 5.22. The number of nitrogens with zero attached hydrogens (tertiary/aromatic N) is 6. The Kier molecular flexibility index (Phi) is 6.83. The molecule has 4 rings (SSSR count). The van der Waals surface area contributed by atoms with Crippen LogP contribution in [0.1, 0.15) is 28.9 Å². The van der Waals surface area contributed by atoms with Crippen LogP contribution in [0.3, 0.4) is 0 Å². The van der Waals surface area contributed by atoms with E-state index in [4.69, 9.17) is 14.7 Å². The molecule has 1 aromatic carbocycles. The van der Waals surface area contributed by atoms with E-state index < -0.39 is 17.3 Å². The van der Waals surface area contributed by atoms with Crippen molar-refractivity contribution < 1.29 is 18.7 Å². The van der Waals surface area contributed by atoms with Gasteiger partial charge in [-0.1, -0.05) is 0 Å². The van der Waals surface area contributed by atoms with E-state index in [-0.39, 0.29) is 28.8 Å².